The maximum absolute atomic E-state index is 10.5. The molecule has 1 N–H and O–H groups in total. The van der Waals surface area contributed by atoms with E-state index in [-0.39, 0.29) is 6.10 Å². The average Bonchev–Trinajstić information content (AvgIpc) is 2.90. The minimum absolute atomic E-state index is 0.381. The van der Waals surface area contributed by atoms with Crippen molar-refractivity contribution < 1.29 is 9.84 Å². The van der Waals surface area contributed by atoms with Crippen molar-refractivity contribution in [2.24, 2.45) is 0 Å². The second-order valence-corrected chi connectivity index (χ2v) is 6.71. The van der Waals surface area contributed by atoms with E-state index in [2.05, 4.69) is 40.4 Å². The number of methoxy groups -OCH3 is 1. The molecule has 126 valence electrons. The summed E-state index contributed by atoms with van der Waals surface area (Å²) in [5.41, 5.74) is 4.62. The highest BCUT2D eigenvalue weighted by Crippen LogP contribution is 2.19. The van der Waals surface area contributed by atoms with E-state index >= 15 is 0 Å². The van der Waals surface area contributed by atoms with Gasteiger partial charge in [-0.05, 0) is 49.9 Å². The topological polar surface area (TPSA) is 50.5 Å². The Balaban J connectivity index is 1.62. The van der Waals surface area contributed by atoms with Crippen LogP contribution in [-0.2, 0) is 11.3 Å². The molecule has 1 aliphatic rings. The number of aliphatic hydroxyl groups excluding tert-OH is 1. The quantitative estimate of drug-likeness (QED) is 0.918. The Labute approximate surface area is 137 Å². The minimum atomic E-state index is -0.381. The molecule has 0 amide bonds. The molecular weight excluding hydrogens is 290 g/mol. The van der Waals surface area contributed by atoms with Crippen molar-refractivity contribution in [1.29, 1.82) is 0 Å². The number of aromatic nitrogens is 2. The van der Waals surface area contributed by atoms with Crippen LogP contribution in [-0.4, -0.2) is 58.5 Å². The number of ether oxygens (including phenoxy) is 1. The number of β-amino-alcohol motifs (C(OH)–C–C–N with tert-alkyl or cyclic N) is 1. The van der Waals surface area contributed by atoms with Gasteiger partial charge in [-0.25, -0.2) is 4.98 Å². The lowest BCUT2D eigenvalue weighted by Crippen LogP contribution is -2.41. The molecule has 1 saturated heterocycles. The van der Waals surface area contributed by atoms with Gasteiger partial charge in [-0.2, -0.15) is 0 Å². The summed E-state index contributed by atoms with van der Waals surface area (Å²) >= 11 is 0. The monoisotopic (exact) mass is 317 g/mol. The average molecular weight is 317 g/mol. The molecule has 0 aliphatic carbocycles. The zero-order chi connectivity index (χ0) is 16.4. The van der Waals surface area contributed by atoms with Gasteiger partial charge in [0.1, 0.15) is 0 Å². The summed E-state index contributed by atoms with van der Waals surface area (Å²) < 4.78 is 7.46. The smallest absolute Gasteiger partial charge is 0.0959 e. The molecule has 23 heavy (non-hydrogen) atoms. The highest BCUT2D eigenvalue weighted by atomic mass is 16.5. The number of piperidine rings is 1. The number of imidazole rings is 1. The fraction of sp³-hybridized carbons (Fsp3) is 0.611. The molecule has 5 heteroatoms. The molecule has 1 fully saturated rings. The molecule has 0 spiro atoms. The normalized spacial score (nSPS) is 18.6. The lowest BCUT2D eigenvalue weighted by Gasteiger charge is -2.32. The molecule has 1 aromatic carbocycles. The van der Waals surface area contributed by atoms with Gasteiger partial charge in [0.15, 0.2) is 0 Å². The molecule has 0 bridgehead atoms. The Morgan fingerprint density at radius 2 is 1.91 bits per heavy atom. The first kappa shape index (κ1) is 16.4. The van der Waals surface area contributed by atoms with E-state index in [0.29, 0.717) is 19.2 Å². The number of fused-ring (bicyclic) bond motifs is 1. The summed E-state index contributed by atoms with van der Waals surface area (Å²) in [7, 11) is 1.78. The number of benzene rings is 1. The summed E-state index contributed by atoms with van der Waals surface area (Å²) in [5, 5.41) is 10.5. The second-order valence-electron chi connectivity index (χ2n) is 6.71. The molecule has 0 saturated carbocycles. The van der Waals surface area contributed by atoms with Crippen LogP contribution in [0.3, 0.4) is 0 Å². The Morgan fingerprint density at radius 3 is 2.61 bits per heavy atom. The summed E-state index contributed by atoms with van der Waals surface area (Å²) in [6, 6.07) is 4.28. The standard InChI is InChI=1S/C18H27N3O2/c1-13-8-17-18(9-14(13)2)21(12-19-17)11-15(22)10-20-6-4-16(23-3)5-7-20/h8-9,12,15-16,22H,4-7,10-11H2,1-3H3/t15-/m1/s1. The van der Waals surface area contributed by atoms with Crippen molar-refractivity contribution in [2.45, 2.75) is 45.4 Å². The number of nitrogens with zero attached hydrogens (tertiary/aromatic N) is 3. The van der Waals surface area contributed by atoms with Crippen LogP contribution in [0, 0.1) is 13.8 Å². The fourth-order valence-corrected chi connectivity index (χ4v) is 3.37. The number of likely N-dealkylation sites (tertiary alicyclic amines) is 1. The van der Waals surface area contributed by atoms with Gasteiger partial charge in [0.2, 0.25) is 0 Å². The number of rotatable bonds is 5. The Kier molecular flexibility index (Phi) is 4.99. The number of aryl methyl sites for hydroxylation is 2. The van der Waals surface area contributed by atoms with Crippen LogP contribution >= 0.6 is 0 Å². The van der Waals surface area contributed by atoms with Crippen LogP contribution in [0.25, 0.3) is 11.0 Å². The van der Waals surface area contributed by atoms with Gasteiger partial charge in [0.05, 0.1) is 36.1 Å². The highest BCUT2D eigenvalue weighted by molar-refractivity contribution is 5.77. The zero-order valence-electron chi connectivity index (χ0n) is 14.3. The van der Waals surface area contributed by atoms with E-state index in [0.717, 1.165) is 37.0 Å². The third-order valence-corrected chi connectivity index (χ3v) is 4.98. The highest BCUT2D eigenvalue weighted by Gasteiger charge is 2.21. The van der Waals surface area contributed by atoms with Gasteiger partial charge in [-0.3, -0.25) is 0 Å². The summed E-state index contributed by atoms with van der Waals surface area (Å²) in [6.07, 6.45) is 3.94. The Bertz CT molecular complexity index is 660. The Hall–Kier alpha value is -1.43. The molecular formula is C18H27N3O2. The lowest BCUT2D eigenvalue weighted by atomic mass is 10.1. The summed E-state index contributed by atoms with van der Waals surface area (Å²) in [4.78, 5) is 6.79. The summed E-state index contributed by atoms with van der Waals surface area (Å²) in [6.45, 7) is 7.51. The zero-order valence-corrected chi connectivity index (χ0v) is 14.3. The van der Waals surface area contributed by atoms with Crippen LogP contribution in [0.2, 0.25) is 0 Å². The van der Waals surface area contributed by atoms with Crippen LogP contribution in [0.1, 0.15) is 24.0 Å². The van der Waals surface area contributed by atoms with E-state index in [1.54, 1.807) is 7.11 Å². The first-order valence-electron chi connectivity index (χ1n) is 8.42. The summed E-state index contributed by atoms with van der Waals surface area (Å²) in [5.74, 6) is 0. The Morgan fingerprint density at radius 1 is 1.22 bits per heavy atom. The first-order chi connectivity index (χ1) is 11.1. The fourth-order valence-electron chi connectivity index (χ4n) is 3.37. The van der Waals surface area contributed by atoms with E-state index in [1.807, 2.05) is 6.33 Å². The first-order valence-corrected chi connectivity index (χ1v) is 8.42. The van der Waals surface area contributed by atoms with Crippen LogP contribution in [0.4, 0.5) is 0 Å². The van der Waals surface area contributed by atoms with Crippen molar-refractivity contribution in [2.75, 3.05) is 26.7 Å². The molecule has 2 aromatic rings. The maximum Gasteiger partial charge on any atom is 0.0959 e. The number of hydrogen-bond donors (Lipinski definition) is 1. The van der Waals surface area contributed by atoms with Crippen molar-refractivity contribution in [1.82, 2.24) is 14.5 Å². The molecule has 2 heterocycles. The largest absolute Gasteiger partial charge is 0.390 e. The molecule has 0 radical (unpaired) electrons. The van der Waals surface area contributed by atoms with Crippen LogP contribution in [0.15, 0.2) is 18.5 Å². The van der Waals surface area contributed by atoms with E-state index in [9.17, 15) is 5.11 Å². The van der Waals surface area contributed by atoms with Gasteiger partial charge in [0.25, 0.3) is 0 Å². The number of aliphatic hydroxyl groups is 1. The molecule has 3 rings (SSSR count). The lowest BCUT2D eigenvalue weighted by molar-refractivity contribution is 0.0219. The van der Waals surface area contributed by atoms with Crippen molar-refractivity contribution in [3.63, 3.8) is 0 Å². The van der Waals surface area contributed by atoms with Crippen molar-refractivity contribution >= 4 is 11.0 Å². The van der Waals surface area contributed by atoms with E-state index < -0.39 is 0 Å². The third-order valence-electron chi connectivity index (χ3n) is 4.98. The molecule has 5 nitrogen and oxygen atoms in total. The van der Waals surface area contributed by atoms with Gasteiger partial charge < -0.3 is 19.3 Å². The van der Waals surface area contributed by atoms with Crippen molar-refractivity contribution in [3.8, 4) is 0 Å². The van der Waals surface area contributed by atoms with Crippen molar-refractivity contribution in [3.05, 3.63) is 29.6 Å². The SMILES string of the molecule is COC1CCN(C[C@@H](O)Cn2cnc3cc(C)c(C)cc32)CC1. The number of hydrogen-bond acceptors (Lipinski definition) is 4. The van der Waals surface area contributed by atoms with Crippen LogP contribution in [0.5, 0.6) is 0 Å². The molecule has 1 aliphatic heterocycles. The van der Waals surface area contributed by atoms with Gasteiger partial charge in [0, 0.05) is 26.7 Å². The van der Waals surface area contributed by atoms with E-state index in [1.165, 1.54) is 11.1 Å². The maximum atomic E-state index is 10.5. The third kappa shape index (κ3) is 3.74. The molecule has 0 unspecified atom stereocenters. The van der Waals surface area contributed by atoms with Gasteiger partial charge in [-0.1, -0.05) is 0 Å². The molecule has 1 aromatic heterocycles. The van der Waals surface area contributed by atoms with Gasteiger partial charge >= 0.3 is 0 Å². The van der Waals surface area contributed by atoms with Gasteiger partial charge in [-0.15, -0.1) is 0 Å². The predicted octanol–water partition coefficient (Wildman–Crippen LogP) is 2.12. The van der Waals surface area contributed by atoms with Crippen LogP contribution < -0.4 is 0 Å². The molecule has 1 atom stereocenters. The second kappa shape index (κ2) is 6.99. The predicted molar refractivity (Wildman–Crippen MR) is 91.7 cm³/mol. The minimum Gasteiger partial charge on any atom is -0.390 e. The van der Waals surface area contributed by atoms with E-state index in [4.69, 9.17) is 4.74 Å².